The molecule has 0 aliphatic heterocycles. The fraction of sp³-hybridized carbons (Fsp3) is 0.913. The Morgan fingerprint density at radius 2 is 1.38 bits per heavy atom. The van der Waals surface area contributed by atoms with Crippen LogP contribution >= 0.6 is 0 Å². The van der Waals surface area contributed by atoms with E-state index in [2.05, 4.69) is 19.9 Å². The molecule has 0 atom stereocenters. The van der Waals surface area contributed by atoms with Crippen LogP contribution in [0.5, 0.6) is 0 Å². The average Bonchev–Trinajstić information content (AvgIpc) is 2.64. The van der Waals surface area contributed by atoms with Gasteiger partial charge in [-0.2, -0.15) is 0 Å². The maximum absolute atomic E-state index is 5.68. The van der Waals surface area contributed by atoms with Gasteiger partial charge in [0.1, 0.15) is 0 Å². The third-order valence-corrected chi connectivity index (χ3v) is 6.68. The summed E-state index contributed by atoms with van der Waals surface area (Å²) >= 11 is 0. The van der Waals surface area contributed by atoms with Gasteiger partial charge in [-0.05, 0) is 68.6 Å². The first kappa shape index (κ1) is 19.9. The summed E-state index contributed by atoms with van der Waals surface area (Å²) in [5.41, 5.74) is 0. The highest BCUT2D eigenvalue weighted by molar-refractivity contribution is 4.82. The number of ether oxygens (including phenoxy) is 1. The van der Waals surface area contributed by atoms with Gasteiger partial charge in [-0.25, -0.2) is 0 Å². The van der Waals surface area contributed by atoms with E-state index in [1.807, 2.05) is 6.26 Å². The van der Waals surface area contributed by atoms with Gasteiger partial charge in [-0.15, -0.1) is 0 Å². The zero-order valence-electron chi connectivity index (χ0n) is 16.5. The van der Waals surface area contributed by atoms with Crippen molar-refractivity contribution in [3.63, 3.8) is 0 Å². The van der Waals surface area contributed by atoms with Gasteiger partial charge in [0.25, 0.3) is 0 Å². The smallest absolute Gasteiger partial charge is 0.0901 e. The van der Waals surface area contributed by atoms with Crippen molar-refractivity contribution < 1.29 is 4.74 Å². The molecule has 2 rings (SSSR count). The summed E-state index contributed by atoms with van der Waals surface area (Å²) in [6, 6.07) is 0. The minimum atomic E-state index is 0.817. The molecule has 0 spiro atoms. The maximum Gasteiger partial charge on any atom is 0.0901 e. The van der Waals surface area contributed by atoms with Crippen molar-refractivity contribution >= 4 is 0 Å². The van der Waals surface area contributed by atoms with Gasteiger partial charge in [-0.1, -0.05) is 64.9 Å². The molecule has 0 heterocycles. The molecular formula is C23H42O. The van der Waals surface area contributed by atoms with Gasteiger partial charge < -0.3 is 4.74 Å². The second-order valence-corrected chi connectivity index (χ2v) is 8.52. The van der Waals surface area contributed by atoms with Crippen LogP contribution < -0.4 is 0 Å². The van der Waals surface area contributed by atoms with E-state index in [1.54, 1.807) is 0 Å². The normalized spacial score (nSPS) is 31.4. The summed E-state index contributed by atoms with van der Waals surface area (Å²) in [5.74, 6) is 3.97. The zero-order chi connectivity index (χ0) is 17.0. The number of allylic oxidation sites excluding steroid dienone is 1. The zero-order valence-corrected chi connectivity index (χ0v) is 16.5. The first-order valence-corrected chi connectivity index (χ1v) is 11.1. The first-order chi connectivity index (χ1) is 11.8. The van der Waals surface area contributed by atoms with E-state index >= 15 is 0 Å². The molecule has 2 fully saturated rings. The van der Waals surface area contributed by atoms with Crippen molar-refractivity contribution in [2.24, 2.45) is 23.7 Å². The van der Waals surface area contributed by atoms with Gasteiger partial charge in [0.2, 0.25) is 0 Å². The number of unbranched alkanes of at least 4 members (excludes halogenated alkanes) is 3. The Morgan fingerprint density at radius 3 is 1.96 bits per heavy atom. The van der Waals surface area contributed by atoms with Crippen LogP contribution in [0, 0.1) is 23.7 Å². The quantitative estimate of drug-likeness (QED) is 0.297. The number of hydrogen-bond acceptors (Lipinski definition) is 1. The van der Waals surface area contributed by atoms with Gasteiger partial charge >= 0.3 is 0 Å². The molecule has 2 saturated carbocycles. The summed E-state index contributed by atoms with van der Waals surface area (Å²) in [4.78, 5) is 0. The molecule has 0 saturated heterocycles. The highest BCUT2D eigenvalue weighted by Gasteiger charge is 2.30. The van der Waals surface area contributed by atoms with Crippen LogP contribution in [0.1, 0.15) is 104 Å². The molecule has 0 aromatic carbocycles. The topological polar surface area (TPSA) is 9.23 Å². The molecule has 0 N–H and O–H groups in total. The highest BCUT2D eigenvalue weighted by Crippen LogP contribution is 2.42. The summed E-state index contributed by atoms with van der Waals surface area (Å²) in [6.45, 7) is 5.42. The molecule has 0 aromatic heterocycles. The molecule has 2 aliphatic rings. The molecule has 0 unspecified atom stereocenters. The molecule has 1 nitrogen and oxygen atoms in total. The first-order valence-electron chi connectivity index (χ1n) is 11.1. The van der Waals surface area contributed by atoms with Gasteiger partial charge in [0.05, 0.1) is 12.9 Å². The lowest BCUT2D eigenvalue weighted by molar-refractivity contribution is 0.108. The van der Waals surface area contributed by atoms with Crippen molar-refractivity contribution in [1.82, 2.24) is 0 Å². The second kappa shape index (κ2) is 12.0. The van der Waals surface area contributed by atoms with Crippen molar-refractivity contribution in [1.29, 1.82) is 0 Å². The van der Waals surface area contributed by atoms with Crippen molar-refractivity contribution in [2.45, 2.75) is 104 Å². The largest absolute Gasteiger partial charge is 0.501 e. The predicted octanol–water partition coefficient (Wildman–Crippen LogP) is 7.51. The molecule has 0 aromatic rings. The number of hydrogen-bond donors (Lipinski definition) is 0. The van der Waals surface area contributed by atoms with E-state index in [0.29, 0.717) is 0 Å². The predicted molar refractivity (Wildman–Crippen MR) is 105 cm³/mol. The van der Waals surface area contributed by atoms with Gasteiger partial charge in [0, 0.05) is 0 Å². The van der Waals surface area contributed by atoms with Gasteiger partial charge in [0.15, 0.2) is 0 Å². The SMILES string of the molecule is CCC=COCC1CCC(C2CCC(CCCCCC)CC2)CC1. The second-order valence-electron chi connectivity index (χ2n) is 8.52. The minimum Gasteiger partial charge on any atom is -0.501 e. The van der Waals surface area contributed by atoms with Crippen molar-refractivity contribution in [3.05, 3.63) is 12.3 Å². The van der Waals surface area contributed by atoms with Crippen molar-refractivity contribution in [2.75, 3.05) is 6.61 Å². The lowest BCUT2D eigenvalue weighted by atomic mass is 9.69. The Bertz CT molecular complexity index is 319. The molecule has 24 heavy (non-hydrogen) atoms. The lowest BCUT2D eigenvalue weighted by Gasteiger charge is -2.37. The van der Waals surface area contributed by atoms with E-state index in [1.165, 1.54) is 83.5 Å². The van der Waals surface area contributed by atoms with Crippen LogP contribution in [-0.4, -0.2) is 6.61 Å². The highest BCUT2D eigenvalue weighted by atomic mass is 16.5. The van der Waals surface area contributed by atoms with Crippen molar-refractivity contribution in [3.8, 4) is 0 Å². The molecule has 1 heteroatoms. The molecule has 140 valence electrons. The fourth-order valence-electron chi connectivity index (χ4n) is 4.99. The minimum absolute atomic E-state index is 0.817. The van der Waals surface area contributed by atoms with E-state index in [4.69, 9.17) is 4.74 Å². The fourth-order valence-corrected chi connectivity index (χ4v) is 4.99. The van der Waals surface area contributed by atoms with Crippen LogP contribution in [0.4, 0.5) is 0 Å². The summed E-state index contributed by atoms with van der Waals surface area (Å²) < 4.78 is 5.68. The molecule has 0 bridgehead atoms. The van der Waals surface area contributed by atoms with E-state index in [-0.39, 0.29) is 0 Å². The van der Waals surface area contributed by atoms with Crippen LogP contribution in [0.15, 0.2) is 12.3 Å². The van der Waals surface area contributed by atoms with E-state index in [9.17, 15) is 0 Å². The summed E-state index contributed by atoms with van der Waals surface area (Å²) in [7, 11) is 0. The standard InChI is InChI=1S/C23H42O/c1-3-5-7-8-9-20-10-14-22(15-11-20)23-16-12-21(13-17-23)19-24-18-6-4-2/h6,18,20-23H,3-5,7-17,19H2,1-2H3. The summed E-state index contributed by atoms with van der Waals surface area (Å²) in [6.07, 6.45) is 24.3. The van der Waals surface area contributed by atoms with Crippen LogP contribution in [-0.2, 0) is 4.74 Å². The third kappa shape index (κ3) is 7.19. The summed E-state index contributed by atoms with van der Waals surface area (Å²) in [5, 5.41) is 0. The number of rotatable bonds is 10. The Morgan fingerprint density at radius 1 is 0.750 bits per heavy atom. The maximum atomic E-state index is 5.68. The van der Waals surface area contributed by atoms with Crippen LogP contribution in [0.2, 0.25) is 0 Å². The monoisotopic (exact) mass is 334 g/mol. The Balaban J connectivity index is 1.56. The average molecular weight is 335 g/mol. The molecule has 0 radical (unpaired) electrons. The Kier molecular flexibility index (Phi) is 9.92. The Hall–Kier alpha value is -0.460. The Labute approximate surface area is 151 Å². The van der Waals surface area contributed by atoms with Crippen LogP contribution in [0.25, 0.3) is 0 Å². The molecule has 2 aliphatic carbocycles. The van der Waals surface area contributed by atoms with E-state index < -0.39 is 0 Å². The van der Waals surface area contributed by atoms with E-state index in [0.717, 1.165) is 36.7 Å². The lowest BCUT2D eigenvalue weighted by Crippen LogP contribution is -2.27. The van der Waals surface area contributed by atoms with Crippen LogP contribution in [0.3, 0.4) is 0 Å². The molecule has 0 amide bonds. The van der Waals surface area contributed by atoms with Gasteiger partial charge in [-0.3, -0.25) is 0 Å². The molecular weight excluding hydrogens is 292 g/mol. The third-order valence-electron chi connectivity index (χ3n) is 6.68.